The molecule has 5 heteroatoms. The lowest BCUT2D eigenvalue weighted by atomic mass is 9.75. The van der Waals surface area contributed by atoms with Crippen molar-refractivity contribution in [2.45, 2.75) is 51.5 Å². The van der Waals surface area contributed by atoms with Gasteiger partial charge in [0.15, 0.2) is 0 Å². The first-order valence-corrected chi connectivity index (χ1v) is 8.34. The molecule has 114 valence electrons. The Bertz CT molecular complexity index is 660. The highest BCUT2D eigenvalue weighted by Crippen LogP contribution is 2.38. The number of fused-ring (bicyclic) bond motifs is 1. The molecule has 1 heterocycles. The van der Waals surface area contributed by atoms with Crippen molar-refractivity contribution in [1.29, 1.82) is 0 Å². The monoisotopic (exact) mass is 328 g/mol. The minimum Gasteiger partial charge on any atom is -0.326 e. The minimum absolute atomic E-state index is 0.108. The van der Waals surface area contributed by atoms with Crippen molar-refractivity contribution in [3.05, 3.63) is 28.8 Å². The molecule has 2 nitrogen and oxygen atoms in total. The highest BCUT2D eigenvalue weighted by atomic mass is 35.5. The first-order chi connectivity index (χ1) is 10.0. The number of benzene rings is 1. The van der Waals surface area contributed by atoms with Gasteiger partial charge < -0.3 is 4.57 Å². The van der Waals surface area contributed by atoms with Crippen LogP contribution in [0.15, 0.2) is 12.1 Å². The average molecular weight is 329 g/mol. The fraction of sp³-hybridized carbons (Fsp3) is 0.562. The van der Waals surface area contributed by atoms with Crippen LogP contribution in [0, 0.1) is 11.2 Å². The topological polar surface area (TPSA) is 17.8 Å². The van der Waals surface area contributed by atoms with Crippen molar-refractivity contribution < 1.29 is 4.39 Å². The Balaban J connectivity index is 2.05. The molecule has 0 radical (unpaired) electrons. The molecule has 1 aliphatic rings. The van der Waals surface area contributed by atoms with Gasteiger partial charge in [0.05, 0.1) is 21.9 Å². The Morgan fingerprint density at radius 3 is 2.67 bits per heavy atom. The van der Waals surface area contributed by atoms with Gasteiger partial charge in [-0.25, -0.2) is 9.37 Å². The number of nitrogens with zero attached hydrogens (tertiary/aromatic N) is 2. The van der Waals surface area contributed by atoms with E-state index in [1.54, 1.807) is 6.07 Å². The lowest BCUT2D eigenvalue weighted by Gasteiger charge is -2.34. The third kappa shape index (κ3) is 2.91. The van der Waals surface area contributed by atoms with Gasteiger partial charge in [0.25, 0.3) is 0 Å². The molecule has 0 aliphatic heterocycles. The van der Waals surface area contributed by atoms with Crippen LogP contribution in [0.4, 0.5) is 4.39 Å². The molecule has 0 bridgehead atoms. The SMILES string of the molecule is CC1(Cn2c(CCl)nc3cc(Cl)c(F)cc32)CCCCC1. The molecule has 0 N–H and O–H groups in total. The van der Waals surface area contributed by atoms with Crippen LogP contribution in [0.2, 0.25) is 5.02 Å². The number of hydrogen-bond acceptors (Lipinski definition) is 1. The van der Waals surface area contributed by atoms with Gasteiger partial charge in [-0.15, -0.1) is 11.6 Å². The van der Waals surface area contributed by atoms with Crippen LogP contribution in [0.25, 0.3) is 11.0 Å². The van der Waals surface area contributed by atoms with E-state index < -0.39 is 5.82 Å². The van der Waals surface area contributed by atoms with Crippen molar-refractivity contribution in [3.8, 4) is 0 Å². The van der Waals surface area contributed by atoms with Crippen LogP contribution in [-0.4, -0.2) is 9.55 Å². The third-order valence-electron chi connectivity index (χ3n) is 4.59. The van der Waals surface area contributed by atoms with Crippen molar-refractivity contribution in [3.63, 3.8) is 0 Å². The largest absolute Gasteiger partial charge is 0.326 e. The van der Waals surface area contributed by atoms with E-state index in [9.17, 15) is 4.39 Å². The standard InChI is InChI=1S/C16H19Cl2FN2/c1-16(5-3-2-4-6-16)10-21-14-8-12(19)11(18)7-13(14)20-15(21)9-17/h7-8H,2-6,9-10H2,1H3. The van der Waals surface area contributed by atoms with Gasteiger partial charge in [0.1, 0.15) is 11.6 Å². The fourth-order valence-electron chi connectivity index (χ4n) is 3.39. The lowest BCUT2D eigenvalue weighted by Crippen LogP contribution is -2.26. The summed E-state index contributed by atoms with van der Waals surface area (Å²) in [5.41, 5.74) is 1.75. The molecule has 1 aliphatic carbocycles. The van der Waals surface area contributed by atoms with Gasteiger partial charge in [-0.2, -0.15) is 0 Å². The van der Waals surface area contributed by atoms with Crippen LogP contribution in [0.1, 0.15) is 44.9 Å². The highest BCUT2D eigenvalue weighted by molar-refractivity contribution is 6.31. The number of imidazole rings is 1. The maximum atomic E-state index is 13.8. The van der Waals surface area contributed by atoms with E-state index in [4.69, 9.17) is 23.2 Å². The molecule has 0 spiro atoms. The average Bonchev–Trinajstić information content (AvgIpc) is 2.77. The number of alkyl halides is 1. The van der Waals surface area contributed by atoms with Crippen LogP contribution in [-0.2, 0) is 12.4 Å². The van der Waals surface area contributed by atoms with E-state index in [0.717, 1.165) is 23.4 Å². The smallest absolute Gasteiger partial charge is 0.144 e. The van der Waals surface area contributed by atoms with E-state index in [2.05, 4.69) is 16.5 Å². The number of halogens is 3. The predicted molar refractivity (Wildman–Crippen MR) is 85.5 cm³/mol. The van der Waals surface area contributed by atoms with Gasteiger partial charge in [-0.1, -0.05) is 37.8 Å². The second kappa shape index (κ2) is 5.77. The summed E-state index contributed by atoms with van der Waals surface area (Å²) in [5, 5.41) is 0.108. The Labute approximate surface area is 134 Å². The van der Waals surface area contributed by atoms with E-state index >= 15 is 0 Å². The molecular weight excluding hydrogens is 310 g/mol. The molecule has 1 aromatic heterocycles. The first-order valence-electron chi connectivity index (χ1n) is 7.42. The highest BCUT2D eigenvalue weighted by Gasteiger charge is 2.29. The van der Waals surface area contributed by atoms with Crippen LogP contribution < -0.4 is 0 Å². The summed E-state index contributed by atoms with van der Waals surface area (Å²) in [4.78, 5) is 4.51. The second-order valence-corrected chi connectivity index (χ2v) is 7.05. The maximum Gasteiger partial charge on any atom is 0.144 e. The van der Waals surface area contributed by atoms with Crippen LogP contribution >= 0.6 is 23.2 Å². The quantitative estimate of drug-likeness (QED) is 0.676. The minimum atomic E-state index is -0.403. The number of aromatic nitrogens is 2. The molecule has 0 saturated heterocycles. The van der Waals surface area contributed by atoms with Crippen molar-refractivity contribution in [2.24, 2.45) is 5.41 Å². The number of rotatable bonds is 3. The predicted octanol–water partition coefficient (Wildman–Crippen LogP) is 5.54. The summed E-state index contributed by atoms with van der Waals surface area (Å²) in [5.74, 6) is 0.713. The molecule has 1 aromatic carbocycles. The summed E-state index contributed by atoms with van der Waals surface area (Å²) in [7, 11) is 0. The van der Waals surface area contributed by atoms with Gasteiger partial charge in [-0.3, -0.25) is 0 Å². The molecule has 1 saturated carbocycles. The second-order valence-electron chi connectivity index (χ2n) is 6.37. The van der Waals surface area contributed by atoms with Gasteiger partial charge >= 0.3 is 0 Å². The molecule has 21 heavy (non-hydrogen) atoms. The van der Waals surface area contributed by atoms with Crippen LogP contribution in [0.5, 0.6) is 0 Å². The van der Waals surface area contributed by atoms with E-state index in [1.165, 1.54) is 38.2 Å². The summed E-state index contributed by atoms with van der Waals surface area (Å²) in [6.45, 7) is 3.15. The molecule has 3 rings (SSSR count). The van der Waals surface area contributed by atoms with Crippen molar-refractivity contribution in [1.82, 2.24) is 9.55 Å². The molecule has 2 aromatic rings. The summed E-state index contributed by atoms with van der Waals surface area (Å²) in [6.07, 6.45) is 6.24. The van der Waals surface area contributed by atoms with Crippen LogP contribution in [0.3, 0.4) is 0 Å². The Kier molecular flexibility index (Phi) is 4.15. The Hall–Kier alpha value is -0.800. The van der Waals surface area contributed by atoms with Crippen molar-refractivity contribution in [2.75, 3.05) is 0 Å². The van der Waals surface area contributed by atoms with E-state index in [-0.39, 0.29) is 10.4 Å². The molecule has 0 atom stereocenters. The summed E-state index contributed by atoms with van der Waals surface area (Å²) >= 11 is 11.9. The molecular formula is C16H19Cl2FN2. The zero-order chi connectivity index (χ0) is 15.0. The van der Waals surface area contributed by atoms with E-state index in [1.807, 2.05) is 0 Å². The Morgan fingerprint density at radius 2 is 2.00 bits per heavy atom. The molecule has 1 fully saturated rings. The van der Waals surface area contributed by atoms with Crippen molar-refractivity contribution >= 4 is 34.2 Å². The third-order valence-corrected chi connectivity index (χ3v) is 5.12. The van der Waals surface area contributed by atoms with E-state index in [0.29, 0.717) is 5.88 Å². The normalized spacial score (nSPS) is 18.3. The summed E-state index contributed by atoms with van der Waals surface area (Å²) < 4.78 is 15.9. The molecule has 0 amide bonds. The number of hydrogen-bond donors (Lipinski definition) is 0. The fourth-order valence-corrected chi connectivity index (χ4v) is 3.76. The maximum absolute atomic E-state index is 13.8. The Morgan fingerprint density at radius 1 is 1.29 bits per heavy atom. The zero-order valence-electron chi connectivity index (χ0n) is 12.1. The molecule has 0 unspecified atom stereocenters. The first kappa shape index (κ1) is 15.1. The zero-order valence-corrected chi connectivity index (χ0v) is 13.6. The summed E-state index contributed by atoms with van der Waals surface area (Å²) in [6, 6.07) is 3.06. The van der Waals surface area contributed by atoms with Gasteiger partial charge in [-0.05, 0) is 24.3 Å². The van der Waals surface area contributed by atoms with Gasteiger partial charge in [0.2, 0.25) is 0 Å². The van der Waals surface area contributed by atoms with Gasteiger partial charge in [0, 0.05) is 12.6 Å². The lowest BCUT2D eigenvalue weighted by molar-refractivity contribution is 0.184.